The lowest BCUT2D eigenvalue weighted by Gasteiger charge is -2.20. The Kier molecular flexibility index (Phi) is 5.30. The highest BCUT2D eigenvalue weighted by atomic mass is 32.2. The molecule has 0 saturated heterocycles. The van der Waals surface area contributed by atoms with E-state index in [1.165, 1.54) is 18.3 Å². The largest absolute Gasteiger partial charge is 0.396 e. The zero-order valence-electron chi connectivity index (χ0n) is 12.1. The van der Waals surface area contributed by atoms with E-state index < -0.39 is 15.8 Å². The lowest BCUT2D eigenvalue weighted by Crippen LogP contribution is -2.29. The molecule has 0 bridgehead atoms. The number of halogens is 1. The minimum absolute atomic E-state index is 0.0949. The van der Waals surface area contributed by atoms with Gasteiger partial charge in [0.25, 0.3) is 0 Å². The number of hydrogen-bond donors (Lipinski definition) is 1. The molecule has 4 nitrogen and oxygen atoms in total. The van der Waals surface area contributed by atoms with Gasteiger partial charge in [0.2, 0.25) is 10.0 Å². The van der Waals surface area contributed by atoms with Crippen LogP contribution in [0.2, 0.25) is 0 Å². The topological polar surface area (TPSA) is 63.4 Å². The van der Waals surface area contributed by atoms with E-state index in [9.17, 15) is 12.8 Å². The van der Waals surface area contributed by atoms with Gasteiger partial charge < -0.3 is 5.73 Å². The molecule has 0 amide bonds. The maximum Gasteiger partial charge on any atom is 0.243 e. The molecule has 0 fully saturated rings. The van der Waals surface area contributed by atoms with Crippen LogP contribution in [0.5, 0.6) is 0 Å². The van der Waals surface area contributed by atoms with Gasteiger partial charge in [-0.25, -0.2) is 17.1 Å². The molecule has 0 unspecified atom stereocenters. The first-order valence-corrected chi connectivity index (χ1v) is 7.80. The minimum atomic E-state index is -3.67. The number of unbranched alkanes of at least 4 members (excludes halogenated alkanes) is 1. The lowest BCUT2D eigenvalue weighted by atomic mass is 10.1. The molecular weight excluding hydrogens is 279 g/mol. The smallest absolute Gasteiger partial charge is 0.243 e. The highest BCUT2D eigenvalue weighted by Crippen LogP contribution is 2.29. The van der Waals surface area contributed by atoms with E-state index in [1.54, 1.807) is 13.0 Å². The molecule has 20 heavy (non-hydrogen) atoms. The van der Waals surface area contributed by atoms with E-state index in [-0.39, 0.29) is 16.1 Å². The minimum Gasteiger partial charge on any atom is -0.396 e. The summed E-state index contributed by atoms with van der Waals surface area (Å²) in [4.78, 5) is 0.0949. The summed E-state index contributed by atoms with van der Waals surface area (Å²) in [5.41, 5.74) is 6.11. The predicted octanol–water partition coefficient (Wildman–Crippen LogP) is 2.61. The molecule has 0 radical (unpaired) electrons. The molecule has 6 heteroatoms. The summed E-state index contributed by atoms with van der Waals surface area (Å²) in [6.45, 7) is 7.07. The van der Waals surface area contributed by atoms with Gasteiger partial charge in [-0.05, 0) is 43.9 Å². The normalized spacial score (nSPS) is 11.8. The lowest BCUT2D eigenvalue weighted by molar-refractivity contribution is 0.462. The van der Waals surface area contributed by atoms with Gasteiger partial charge in [0.15, 0.2) is 0 Å². The first-order chi connectivity index (χ1) is 9.23. The van der Waals surface area contributed by atoms with Crippen molar-refractivity contribution in [3.8, 4) is 0 Å². The Morgan fingerprint density at radius 3 is 2.60 bits per heavy atom. The standard InChI is InChI=1S/C14H21FN2O2S/c1-5-6-7-8-17(4)20(18,19)14-10(2)9-12(15)13(16)11(14)3/h5,9H,1,6-8,16H2,2-4H3. The first kappa shape index (κ1) is 16.7. The van der Waals surface area contributed by atoms with Gasteiger partial charge >= 0.3 is 0 Å². The Labute approximate surface area is 120 Å². The van der Waals surface area contributed by atoms with Crippen molar-refractivity contribution in [3.05, 3.63) is 35.7 Å². The quantitative estimate of drug-likeness (QED) is 0.499. The average molecular weight is 300 g/mol. The van der Waals surface area contributed by atoms with Crippen LogP contribution in [-0.4, -0.2) is 26.3 Å². The molecule has 2 N–H and O–H groups in total. The molecule has 0 aliphatic rings. The van der Waals surface area contributed by atoms with Crippen LogP contribution in [-0.2, 0) is 10.0 Å². The average Bonchev–Trinajstić information content (AvgIpc) is 2.35. The number of nitrogen functional groups attached to an aromatic ring is 1. The van der Waals surface area contributed by atoms with Gasteiger partial charge in [0, 0.05) is 13.6 Å². The molecule has 112 valence electrons. The fraction of sp³-hybridized carbons (Fsp3) is 0.429. The van der Waals surface area contributed by atoms with E-state index in [4.69, 9.17) is 5.73 Å². The second-order valence-corrected chi connectivity index (χ2v) is 6.78. The van der Waals surface area contributed by atoms with E-state index in [2.05, 4.69) is 6.58 Å². The third kappa shape index (κ3) is 3.19. The SMILES string of the molecule is C=CCCCN(C)S(=O)(=O)c1c(C)cc(F)c(N)c1C. The number of allylic oxidation sites excluding steroid dienone is 1. The molecule has 0 atom stereocenters. The number of rotatable bonds is 6. The molecule has 0 aliphatic heterocycles. The van der Waals surface area contributed by atoms with E-state index in [1.807, 2.05) is 0 Å². The summed E-state index contributed by atoms with van der Waals surface area (Å²) in [5, 5.41) is 0. The van der Waals surface area contributed by atoms with E-state index >= 15 is 0 Å². The zero-order valence-corrected chi connectivity index (χ0v) is 12.9. The molecule has 0 spiro atoms. The van der Waals surface area contributed by atoms with E-state index in [0.29, 0.717) is 18.5 Å². The predicted molar refractivity (Wildman–Crippen MR) is 79.5 cm³/mol. The van der Waals surface area contributed by atoms with Crippen molar-refractivity contribution >= 4 is 15.7 Å². The molecule has 0 saturated carbocycles. The maximum absolute atomic E-state index is 13.5. The second kappa shape index (κ2) is 6.37. The van der Waals surface area contributed by atoms with Crippen molar-refractivity contribution < 1.29 is 12.8 Å². The maximum atomic E-state index is 13.5. The molecule has 1 rings (SSSR count). The Balaban J connectivity index is 3.22. The number of sulfonamides is 1. The molecular formula is C14H21FN2O2S. The number of nitrogens with zero attached hydrogens (tertiary/aromatic N) is 1. The van der Waals surface area contributed by atoms with Crippen LogP contribution >= 0.6 is 0 Å². The van der Waals surface area contributed by atoms with Gasteiger partial charge in [-0.15, -0.1) is 6.58 Å². The molecule has 1 aromatic carbocycles. The van der Waals surface area contributed by atoms with Crippen LogP contribution in [0, 0.1) is 19.7 Å². The summed E-state index contributed by atoms with van der Waals surface area (Å²) in [7, 11) is -2.16. The summed E-state index contributed by atoms with van der Waals surface area (Å²) in [6, 6.07) is 1.16. The number of benzene rings is 1. The van der Waals surface area contributed by atoms with Crippen LogP contribution in [0.1, 0.15) is 24.0 Å². The van der Waals surface area contributed by atoms with Crippen LogP contribution in [0.25, 0.3) is 0 Å². The monoisotopic (exact) mass is 300 g/mol. The fourth-order valence-electron chi connectivity index (χ4n) is 2.06. The zero-order chi connectivity index (χ0) is 15.5. The van der Waals surface area contributed by atoms with Crippen molar-refractivity contribution in [1.29, 1.82) is 0 Å². The third-order valence-corrected chi connectivity index (χ3v) is 5.40. The van der Waals surface area contributed by atoms with Gasteiger partial charge in [0.05, 0.1) is 10.6 Å². The van der Waals surface area contributed by atoms with Gasteiger partial charge in [-0.2, -0.15) is 0 Å². The number of anilines is 1. The highest BCUT2D eigenvalue weighted by molar-refractivity contribution is 7.89. The molecule has 1 aromatic rings. The fourth-order valence-corrected chi connectivity index (χ4v) is 3.71. The van der Waals surface area contributed by atoms with Crippen LogP contribution < -0.4 is 5.73 Å². The van der Waals surface area contributed by atoms with Crippen LogP contribution in [0.4, 0.5) is 10.1 Å². The summed E-state index contributed by atoms with van der Waals surface area (Å²) in [5.74, 6) is -0.590. The van der Waals surface area contributed by atoms with Gasteiger partial charge in [-0.1, -0.05) is 6.08 Å². The Bertz CT molecular complexity index is 612. The summed E-state index contributed by atoms with van der Waals surface area (Å²) >= 11 is 0. The van der Waals surface area contributed by atoms with Gasteiger partial charge in [0.1, 0.15) is 5.82 Å². The van der Waals surface area contributed by atoms with Crippen molar-refractivity contribution in [2.75, 3.05) is 19.3 Å². The number of hydrogen-bond acceptors (Lipinski definition) is 3. The molecule has 0 aliphatic carbocycles. The highest BCUT2D eigenvalue weighted by Gasteiger charge is 2.26. The number of aryl methyl sites for hydroxylation is 1. The van der Waals surface area contributed by atoms with E-state index in [0.717, 1.165) is 12.5 Å². The second-order valence-electron chi connectivity index (χ2n) is 4.80. The number of nitrogens with two attached hydrogens (primary N) is 1. The Morgan fingerprint density at radius 2 is 2.05 bits per heavy atom. The van der Waals surface area contributed by atoms with Crippen molar-refractivity contribution in [2.24, 2.45) is 0 Å². The summed E-state index contributed by atoms with van der Waals surface area (Å²) < 4.78 is 39.9. The van der Waals surface area contributed by atoms with Crippen LogP contribution in [0.3, 0.4) is 0 Å². The third-order valence-electron chi connectivity index (χ3n) is 3.25. The van der Waals surface area contributed by atoms with Crippen molar-refractivity contribution in [2.45, 2.75) is 31.6 Å². The van der Waals surface area contributed by atoms with Crippen LogP contribution in [0.15, 0.2) is 23.6 Å². The van der Waals surface area contributed by atoms with Crippen molar-refractivity contribution in [1.82, 2.24) is 4.31 Å². The van der Waals surface area contributed by atoms with Gasteiger partial charge in [-0.3, -0.25) is 0 Å². The Hall–Kier alpha value is -1.40. The first-order valence-electron chi connectivity index (χ1n) is 6.35. The Morgan fingerprint density at radius 1 is 1.45 bits per heavy atom. The molecule has 0 aromatic heterocycles. The molecule has 0 heterocycles. The summed E-state index contributed by atoms with van der Waals surface area (Å²) in [6.07, 6.45) is 3.17. The van der Waals surface area contributed by atoms with Crippen molar-refractivity contribution in [3.63, 3.8) is 0 Å².